The first kappa shape index (κ1) is 15.5. The summed E-state index contributed by atoms with van der Waals surface area (Å²) in [6.45, 7) is 0.286. The van der Waals surface area contributed by atoms with Gasteiger partial charge in [0, 0.05) is 11.9 Å². The maximum absolute atomic E-state index is 13.7. The number of alkyl halides is 1. The van der Waals surface area contributed by atoms with Crippen molar-refractivity contribution in [3.63, 3.8) is 0 Å². The smallest absolute Gasteiger partial charge is 0.308 e. The Bertz CT molecular complexity index is 497. The molecular formula is C11H11BrF2N2O3. The van der Waals surface area contributed by atoms with Gasteiger partial charge in [0.25, 0.3) is 5.91 Å². The fourth-order valence-electron chi connectivity index (χ4n) is 1.39. The van der Waals surface area contributed by atoms with E-state index >= 15 is 0 Å². The van der Waals surface area contributed by atoms with Crippen molar-refractivity contribution in [2.24, 2.45) is 0 Å². The predicted octanol–water partition coefficient (Wildman–Crippen LogP) is 2.78. The third-order valence-electron chi connectivity index (χ3n) is 2.31. The van der Waals surface area contributed by atoms with Crippen molar-refractivity contribution in [1.82, 2.24) is 5.32 Å². The minimum Gasteiger partial charge on any atom is -0.352 e. The van der Waals surface area contributed by atoms with Gasteiger partial charge in [-0.1, -0.05) is 15.9 Å². The molecule has 1 N–H and O–H groups in total. The van der Waals surface area contributed by atoms with Crippen LogP contribution in [0.4, 0.5) is 14.5 Å². The lowest BCUT2D eigenvalue weighted by molar-refractivity contribution is -0.387. The molecule has 1 amide bonds. The van der Waals surface area contributed by atoms with Crippen molar-refractivity contribution < 1.29 is 18.5 Å². The maximum atomic E-state index is 13.7. The van der Waals surface area contributed by atoms with Gasteiger partial charge in [0.2, 0.25) is 5.82 Å². The highest BCUT2D eigenvalue weighted by Crippen LogP contribution is 2.22. The van der Waals surface area contributed by atoms with Crippen molar-refractivity contribution in [3.05, 3.63) is 39.4 Å². The number of unbranched alkanes of at least 4 members (excludes halogenated alkanes) is 1. The van der Waals surface area contributed by atoms with E-state index in [1.807, 2.05) is 0 Å². The molecule has 0 aliphatic heterocycles. The number of carbonyl (C=O) groups is 1. The molecule has 1 aromatic carbocycles. The highest BCUT2D eigenvalue weighted by molar-refractivity contribution is 9.09. The summed E-state index contributed by atoms with van der Waals surface area (Å²) in [4.78, 5) is 21.0. The van der Waals surface area contributed by atoms with Crippen LogP contribution in [0, 0.1) is 21.7 Å². The van der Waals surface area contributed by atoms with Gasteiger partial charge in [-0.05, 0) is 18.9 Å². The van der Waals surface area contributed by atoms with Gasteiger partial charge < -0.3 is 5.32 Å². The van der Waals surface area contributed by atoms with E-state index in [9.17, 15) is 23.7 Å². The monoisotopic (exact) mass is 336 g/mol. The quantitative estimate of drug-likeness (QED) is 0.375. The molecule has 0 atom stereocenters. The number of benzene rings is 1. The Morgan fingerprint density at radius 1 is 1.37 bits per heavy atom. The molecule has 1 aromatic rings. The number of nitro benzene ring substituents is 1. The minimum atomic E-state index is -1.33. The second-order valence-corrected chi connectivity index (χ2v) is 4.49. The molecule has 0 aliphatic rings. The largest absolute Gasteiger partial charge is 0.352 e. The average Bonchev–Trinajstić information content (AvgIpc) is 2.36. The van der Waals surface area contributed by atoms with Gasteiger partial charge in [-0.3, -0.25) is 14.9 Å². The molecule has 19 heavy (non-hydrogen) atoms. The van der Waals surface area contributed by atoms with Crippen LogP contribution in [0.1, 0.15) is 23.2 Å². The number of nitrogens with one attached hydrogen (secondary N) is 1. The third kappa shape index (κ3) is 4.23. The Labute approximate surface area is 116 Å². The first-order chi connectivity index (χ1) is 8.97. The van der Waals surface area contributed by atoms with Crippen LogP contribution in [0.3, 0.4) is 0 Å². The first-order valence-electron chi connectivity index (χ1n) is 5.45. The Morgan fingerprint density at radius 3 is 2.63 bits per heavy atom. The summed E-state index contributed by atoms with van der Waals surface area (Å²) in [5.74, 6) is -3.22. The standard InChI is InChI=1S/C11H11BrF2N2O3/c12-3-1-2-4-15-11(17)8-5-7(13)6-9(10(8)14)16(18)19/h5-6H,1-4H2,(H,15,17). The van der Waals surface area contributed by atoms with Crippen molar-refractivity contribution >= 4 is 27.5 Å². The molecule has 0 unspecified atom stereocenters. The van der Waals surface area contributed by atoms with Gasteiger partial charge in [-0.25, -0.2) is 4.39 Å². The van der Waals surface area contributed by atoms with Crippen molar-refractivity contribution in [2.75, 3.05) is 11.9 Å². The average molecular weight is 337 g/mol. The van der Waals surface area contributed by atoms with Crippen LogP contribution in [0.5, 0.6) is 0 Å². The molecule has 1 rings (SSSR count). The fourth-order valence-corrected chi connectivity index (χ4v) is 1.79. The number of hydrogen-bond donors (Lipinski definition) is 1. The molecule has 0 saturated carbocycles. The highest BCUT2D eigenvalue weighted by atomic mass is 79.9. The topological polar surface area (TPSA) is 72.2 Å². The van der Waals surface area contributed by atoms with Gasteiger partial charge in [-0.15, -0.1) is 0 Å². The van der Waals surface area contributed by atoms with Crippen molar-refractivity contribution in [3.8, 4) is 0 Å². The van der Waals surface area contributed by atoms with Gasteiger partial charge in [-0.2, -0.15) is 4.39 Å². The molecule has 0 fully saturated rings. The highest BCUT2D eigenvalue weighted by Gasteiger charge is 2.23. The second kappa shape index (κ2) is 7.13. The Balaban J connectivity index is 2.88. The van der Waals surface area contributed by atoms with E-state index in [2.05, 4.69) is 21.2 Å². The van der Waals surface area contributed by atoms with Gasteiger partial charge in [0.05, 0.1) is 16.6 Å². The van der Waals surface area contributed by atoms with E-state index in [1.54, 1.807) is 0 Å². The normalized spacial score (nSPS) is 10.3. The fraction of sp³-hybridized carbons (Fsp3) is 0.364. The molecule has 5 nitrogen and oxygen atoms in total. The lowest BCUT2D eigenvalue weighted by Crippen LogP contribution is -2.26. The maximum Gasteiger partial charge on any atom is 0.308 e. The van der Waals surface area contributed by atoms with Gasteiger partial charge in [0.15, 0.2) is 0 Å². The molecule has 104 valence electrons. The predicted molar refractivity (Wildman–Crippen MR) is 68.4 cm³/mol. The van der Waals surface area contributed by atoms with Crippen LogP contribution in [-0.2, 0) is 0 Å². The van der Waals surface area contributed by atoms with Crippen LogP contribution < -0.4 is 5.32 Å². The second-order valence-electron chi connectivity index (χ2n) is 3.70. The SMILES string of the molecule is O=C(NCCCCBr)c1cc(F)cc([N+](=O)[O-])c1F. The van der Waals surface area contributed by atoms with Gasteiger partial charge >= 0.3 is 5.69 Å². The zero-order valence-corrected chi connectivity index (χ0v) is 11.4. The zero-order valence-electron chi connectivity index (χ0n) is 9.79. The number of halogens is 3. The van der Waals surface area contributed by atoms with E-state index in [-0.39, 0.29) is 6.54 Å². The molecule has 0 bridgehead atoms. The first-order valence-corrected chi connectivity index (χ1v) is 6.57. The van der Waals surface area contributed by atoms with E-state index in [0.29, 0.717) is 18.6 Å². The summed E-state index contributed by atoms with van der Waals surface area (Å²) in [6, 6.07) is 1.08. The van der Waals surface area contributed by atoms with Crippen molar-refractivity contribution in [2.45, 2.75) is 12.8 Å². The lowest BCUT2D eigenvalue weighted by Gasteiger charge is -2.06. The molecule has 8 heteroatoms. The van der Waals surface area contributed by atoms with Crippen LogP contribution in [0.25, 0.3) is 0 Å². The summed E-state index contributed by atoms with van der Waals surface area (Å²) < 4.78 is 26.8. The minimum absolute atomic E-state index is 0.286. The molecule has 0 aromatic heterocycles. The Hall–Kier alpha value is -1.57. The molecule has 0 radical (unpaired) electrons. The van der Waals surface area contributed by atoms with E-state index in [4.69, 9.17) is 0 Å². The molecule has 0 saturated heterocycles. The number of hydrogen-bond acceptors (Lipinski definition) is 3. The Morgan fingerprint density at radius 2 is 2.05 bits per heavy atom. The van der Waals surface area contributed by atoms with Crippen LogP contribution in [0.15, 0.2) is 12.1 Å². The summed E-state index contributed by atoms with van der Waals surface area (Å²) >= 11 is 3.21. The number of rotatable bonds is 6. The molecular weight excluding hydrogens is 326 g/mol. The summed E-state index contributed by atoms with van der Waals surface area (Å²) in [5, 5.41) is 13.7. The van der Waals surface area contributed by atoms with E-state index < -0.39 is 33.7 Å². The molecule has 0 heterocycles. The number of nitrogens with zero attached hydrogens (tertiary/aromatic N) is 1. The van der Waals surface area contributed by atoms with Crippen LogP contribution in [0.2, 0.25) is 0 Å². The van der Waals surface area contributed by atoms with Crippen LogP contribution in [-0.4, -0.2) is 22.7 Å². The summed E-state index contributed by atoms with van der Waals surface area (Å²) in [7, 11) is 0. The van der Waals surface area contributed by atoms with Crippen LogP contribution >= 0.6 is 15.9 Å². The third-order valence-corrected chi connectivity index (χ3v) is 2.87. The van der Waals surface area contributed by atoms with E-state index in [0.717, 1.165) is 11.8 Å². The van der Waals surface area contributed by atoms with Gasteiger partial charge in [0.1, 0.15) is 5.82 Å². The van der Waals surface area contributed by atoms with E-state index in [1.165, 1.54) is 0 Å². The molecule has 0 spiro atoms. The number of carbonyl (C=O) groups excluding carboxylic acids is 1. The zero-order chi connectivity index (χ0) is 14.4. The molecule has 0 aliphatic carbocycles. The summed E-state index contributed by atoms with van der Waals surface area (Å²) in [5.41, 5.74) is -1.71. The number of nitro groups is 1. The summed E-state index contributed by atoms with van der Waals surface area (Å²) in [6.07, 6.45) is 1.47. The lowest BCUT2D eigenvalue weighted by atomic mass is 10.1. The van der Waals surface area contributed by atoms with Crippen molar-refractivity contribution in [1.29, 1.82) is 0 Å². The Kier molecular flexibility index (Phi) is 5.81. The number of amides is 1.